The Morgan fingerprint density at radius 1 is 1.11 bits per heavy atom. The van der Waals surface area contributed by atoms with Crippen molar-refractivity contribution < 1.29 is 4.39 Å². The third-order valence-electron chi connectivity index (χ3n) is 3.13. The van der Waals surface area contributed by atoms with Crippen LogP contribution in [0, 0.1) is 5.82 Å². The van der Waals surface area contributed by atoms with Crippen LogP contribution in [0.5, 0.6) is 0 Å². The van der Waals surface area contributed by atoms with Gasteiger partial charge in [-0.1, -0.05) is 24.3 Å². The predicted molar refractivity (Wildman–Crippen MR) is 72.3 cm³/mol. The lowest BCUT2D eigenvalue weighted by Gasteiger charge is -1.98. The van der Waals surface area contributed by atoms with Crippen LogP contribution in [-0.4, -0.2) is 9.38 Å². The van der Waals surface area contributed by atoms with E-state index in [1.165, 1.54) is 6.07 Å². The number of nitrogens with two attached hydrogens (primary N) is 1. The summed E-state index contributed by atoms with van der Waals surface area (Å²) in [5.74, 6) is -0.192. The van der Waals surface area contributed by atoms with Crippen LogP contribution in [0.2, 0.25) is 0 Å². The summed E-state index contributed by atoms with van der Waals surface area (Å²) in [6.45, 7) is 0.497. The van der Waals surface area contributed by atoms with Crippen LogP contribution in [-0.2, 0) is 13.0 Å². The smallest absolute Gasteiger partial charge is 0.137 e. The lowest BCUT2D eigenvalue weighted by atomic mass is 10.1. The van der Waals surface area contributed by atoms with Crippen molar-refractivity contribution in [2.75, 3.05) is 0 Å². The fourth-order valence-electron chi connectivity index (χ4n) is 2.13. The van der Waals surface area contributed by atoms with Crippen molar-refractivity contribution >= 4 is 5.65 Å². The Labute approximate surface area is 110 Å². The molecule has 2 aromatic heterocycles. The molecule has 2 heterocycles. The standard InChI is InChI=1S/C15H14FN3/c16-14-4-2-1-3-12(14)7-13-10-19-9-11(8-17)5-6-15(19)18-13/h1-6,9-10H,7-8,17H2. The van der Waals surface area contributed by atoms with E-state index in [2.05, 4.69) is 4.98 Å². The second-order valence-corrected chi connectivity index (χ2v) is 4.51. The highest BCUT2D eigenvalue weighted by atomic mass is 19.1. The molecule has 3 nitrogen and oxygen atoms in total. The Kier molecular flexibility index (Phi) is 3.01. The number of hydrogen-bond donors (Lipinski definition) is 1. The number of pyridine rings is 1. The van der Waals surface area contributed by atoms with Gasteiger partial charge in [0.2, 0.25) is 0 Å². The van der Waals surface area contributed by atoms with Crippen LogP contribution in [0.25, 0.3) is 5.65 Å². The molecule has 1 aromatic carbocycles. The van der Waals surface area contributed by atoms with Crippen molar-refractivity contribution in [3.8, 4) is 0 Å². The van der Waals surface area contributed by atoms with Crippen LogP contribution in [0.4, 0.5) is 4.39 Å². The topological polar surface area (TPSA) is 43.3 Å². The van der Waals surface area contributed by atoms with E-state index >= 15 is 0 Å². The molecule has 0 saturated carbocycles. The largest absolute Gasteiger partial charge is 0.326 e. The highest BCUT2D eigenvalue weighted by Gasteiger charge is 2.06. The molecule has 3 aromatic rings. The first-order valence-electron chi connectivity index (χ1n) is 6.16. The molecule has 0 bridgehead atoms. The van der Waals surface area contributed by atoms with Gasteiger partial charge in [0, 0.05) is 25.4 Å². The molecule has 19 heavy (non-hydrogen) atoms. The molecule has 2 N–H and O–H groups in total. The average molecular weight is 255 g/mol. The summed E-state index contributed by atoms with van der Waals surface area (Å²) in [6.07, 6.45) is 4.36. The van der Waals surface area contributed by atoms with Crippen LogP contribution in [0.15, 0.2) is 48.8 Å². The molecule has 0 atom stereocenters. The van der Waals surface area contributed by atoms with Crippen molar-refractivity contribution in [2.45, 2.75) is 13.0 Å². The molecule has 0 aliphatic rings. The van der Waals surface area contributed by atoms with Gasteiger partial charge in [-0.15, -0.1) is 0 Å². The molecule has 4 heteroatoms. The first kappa shape index (κ1) is 11.9. The van der Waals surface area contributed by atoms with Crippen LogP contribution in [0.3, 0.4) is 0 Å². The first-order valence-corrected chi connectivity index (χ1v) is 6.16. The van der Waals surface area contributed by atoms with E-state index in [0.29, 0.717) is 18.5 Å². The predicted octanol–water partition coefficient (Wildman–Crippen LogP) is 2.52. The minimum Gasteiger partial charge on any atom is -0.326 e. The zero-order valence-electron chi connectivity index (χ0n) is 10.4. The second-order valence-electron chi connectivity index (χ2n) is 4.51. The van der Waals surface area contributed by atoms with E-state index in [1.807, 2.05) is 35.0 Å². The first-order chi connectivity index (χ1) is 9.26. The van der Waals surface area contributed by atoms with Gasteiger partial charge in [-0.05, 0) is 23.3 Å². The Bertz CT molecular complexity index is 718. The molecule has 0 amide bonds. The van der Waals surface area contributed by atoms with Gasteiger partial charge in [0.1, 0.15) is 11.5 Å². The minimum atomic E-state index is -0.192. The maximum Gasteiger partial charge on any atom is 0.137 e. The Morgan fingerprint density at radius 3 is 2.74 bits per heavy atom. The maximum absolute atomic E-state index is 13.6. The van der Waals surface area contributed by atoms with E-state index in [1.54, 1.807) is 12.1 Å². The third-order valence-corrected chi connectivity index (χ3v) is 3.13. The number of aromatic nitrogens is 2. The maximum atomic E-state index is 13.6. The average Bonchev–Trinajstić information content (AvgIpc) is 2.82. The molecule has 0 fully saturated rings. The van der Waals surface area contributed by atoms with Gasteiger partial charge in [0.15, 0.2) is 0 Å². The molecule has 0 radical (unpaired) electrons. The lowest BCUT2D eigenvalue weighted by Crippen LogP contribution is -1.97. The molecular weight excluding hydrogens is 241 g/mol. The van der Waals surface area contributed by atoms with Crippen LogP contribution < -0.4 is 5.73 Å². The van der Waals surface area contributed by atoms with Gasteiger partial charge in [-0.25, -0.2) is 9.37 Å². The molecule has 0 aliphatic heterocycles. The van der Waals surface area contributed by atoms with E-state index in [-0.39, 0.29) is 5.82 Å². The Morgan fingerprint density at radius 2 is 1.95 bits per heavy atom. The van der Waals surface area contributed by atoms with Crippen LogP contribution in [0.1, 0.15) is 16.8 Å². The minimum absolute atomic E-state index is 0.192. The molecule has 0 saturated heterocycles. The third kappa shape index (κ3) is 2.35. The van der Waals surface area contributed by atoms with E-state index in [0.717, 1.165) is 16.9 Å². The van der Waals surface area contributed by atoms with Crippen LogP contribution >= 0.6 is 0 Å². The van der Waals surface area contributed by atoms with Gasteiger partial charge < -0.3 is 10.1 Å². The summed E-state index contributed by atoms with van der Waals surface area (Å²) in [6, 6.07) is 10.7. The fourth-order valence-corrected chi connectivity index (χ4v) is 2.13. The number of nitrogens with zero attached hydrogens (tertiary/aromatic N) is 2. The fraction of sp³-hybridized carbons (Fsp3) is 0.133. The summed E-state index contributed by atoms with van der Waals surface area (Å²) < 4.78 is 15.5. The normalized spacial score (nSPS) is 11.1. The van der Waals surface area contributed by atoms with E-state index in [4.69, 9.17) is 5.73 Å². The van der Waals surface area contributed by atoms with Gasteiger partial charge >= 0.3 is 0 Å². The number of fused-ring (bicyclic) bond motifs is 1. The number of rotatable bonds is 3. The van der Waals surface area contributed by atoms with E-state index in [9.17, 15) is 4.39 Å². The molecule has 96 valence electrons. The van der Waals surface area contributed by atoms with Gasteiger partial charge in [-0.3, -0.25) is 0 Å². The summed E-state index contributed by atoms with van der Waals surface area (Å²) in [5.41, 5.74) is 9.01. The summed E-state index contributed by atoms with van der Waals surface area (Å²) >= 11 is 0. The SMILES string of the molecule is NCc1ccc2nc(Cc3ccccc3F)cn2c1. The van der Waals surface area contributed by atoms with Crippen molar-refractivity contribution in [2.24, 2.45) is 5.73 Å². The lowest BCUT2D eigenvalue weighted by molar-refractivity contribution is 0.613. The zero-order valence-corrected chi connectivity index (χ0v) is 10.4. The monoisotopic (exact) mass is 255 g/mol. The Hall–Kier alpha value is -2.20. The number of benzene rings is 1. The van der Waals surface area contributed by atoms with Gasteiger partial charge in [-0.2, -0.15) is 0 Å². The van der Waals surface area contributed by atoms with Gasteiger partial charge in [0.25, 0.3) is 0 Å². The highest BCUT2D eigenvalue weighted by Crippen LogP contribution is 2.14. The molecule has 0 unspecified atom stereocenters. The van der Waals surface area contributed by atoms with E-state index < -0.39 is 0 Å². The van der Waals surface area contributed by atoms with Crippen molar-refractivity contribution in [3.63, 3.8) is 0 Å². The molecule has 0 aliphatic carbocycles. The number of imidazole rings is 1. The summed E-state index contributed by atoms with van der Waals surface area (Å²) in [4.78, 5) is 4.48. The van der Waals surface area contributed by atoms with Gasteiger partial charge in [0.05, 0.1) is 5.69 Å². The Balaban J connectivity index is 1.95. The van der Waals surface area contributed by atoms with Crippen molar-refractivity contribution in [1.29, 1.82) is 0 Å². The van der Waals surface area contributed by atoms with Crippen molar-refractivity contribution in [1.82, 2.24) is 9.38 Å². The number of halogens is 1. The quantitative estimate of drug-likeness (QED) is 0.781. The zero-order chi connectivity index (χ0) is 13.2. The molecule has 3 rings (SSSR count). The highest BCUT2D eigenvalue weighted by molar-refractivity contribution is 5.42. The number of hydrogen-bond acceptors (Lipinski definition) is 2. The second kappa shape index (κ2) is 4.82. The summed E-state index contributed by atoms with van der Waals surface area (Å²) in [7, 11) is 0. The molecular formula is C15H14FN3. The molecule has 0 spiro atoms. The summed E-state index contributed by atoms with van der Waals surface area (Å²) in [5, 5.41) is 0. The van der Waals surface area contributed by atoms with Crippen molar-refractivity contribution in [3.05, 3.63) is 71.4 Å².